The molecule has 1 aliphatic rings. The van der Waals surface area contributed by atoms with Gasteiger partial charge in [-0.15, -0.1) is 0 Å². The minimum absolute atomic E-state index is 0.0729. The van der Waals surface area contributed by atoms with Gasteiger partial charge < -0.3 is 15.1 Å². The molecule has 1 aliphatic heterocycles. The molecule has 1 saturated heterocycles. The Labute approximate surface area is 132 Å². The Bertz CT molecular complexity index is 547. The Morgan fingerprint density at radius 2 is 1.82 bits per heavy atom. The Morgan fingerprint density at radius 3 is 2.41 bits per heavy atom. The van der Waals surface area contributed by atoms with Crippen molar-refractivity contribution >= 4 is 17.6 Å². The van der Waals surface area contributed by atoms with E-state index in [9.17, 15) is 9.59 Å². The molecule has 5 nitrogen and oxygen atoms in total. The van der Waals surface area contributed by atoms with Gasteiger partial charge >= 0.3 is 6.03 Å². The van der Waals surface area contributed by atoms with Gasteiger partial charge in [0.15, 0.2) is 0 Å². The SMILES string of the molecule is C[C@H]1C[C@H](C)CN(C(=O)Nc2cccc(C(=O)N(C)C)c2)C1. The molecule has 0 aliphatic carbocycles. The first-order valence-corrected chi connectivity index (χ1v) is 7.74. The highest BCUT2D eigenvalue weighted by molar-refractivity contribution is 5.96. The van der Waals surface area contributed by atoms with Crippen molar-refractivity contribution in [3.63, 3.8) is 0 Å². The van der Waals surface area contributed by atoms with Crippen molar-refractivity contribution in [2.24, 2.45) is 11.8 Å². The molecule has 22 heavy (non-hydrogen) atoms. The predicted octanol–water partition coefficient (Wildman–Crippen LogP) is 2.90. The quantitative estimate of drug-likeness (QED) is 0.913. The third kappa shape index (κ3) is 4.00. The van der Waals surface area contributed by atoms with Gasteiger partial charge in [-0.05, 0) is 36.5 Å². The minimum Gasteiger partial charge on any atom is -0.345 e. The van der Waals surface area contributed by atoms with E-state index in [0.29, 0.717) is 23.1 Å². The molecule has 120 valence electrons. The van der Waals surface area contributed by atoms with Crippen molar-refractivity contribution in [1.29, 1.82) is 0 Å². The Kier molecular flexibility index (Phi) is 5.06. The summed E-state index contributed by atoms with van der Waals surface area (Å²) in [5, 5.41) is 2.90. The number of nitrogens with zero attached hydrogens (tertiary/aromatic N) is 2. The Balaban J connectivity index is 2.05. The van der Waals surface area contributed by atoms with E-state index >= 15 is 0 Å². The first kappa shape index (κ1) is 16.3. The first-order valence-electron chi connectivity index (χ1n) is 7.74. The standard InChI is InChI=1S/C17H25N3O2/c1-12-8-13(2)11-20(10-12)17(22)18-15-7-5-6-14(9-15)16(21)19(3)4/h5-7,9,12-13H,8,10-11H2,1-4H3,(H,18,22)/t12-,13-/m0/s1. The molecular weight excluding hydrogens is 278 g/mol. The van der Waals surface area contributed by atoms with Gasteiger partial charge in [0.2, 0.25) is 0 Å². The molecule has 5 heteroatoms. The van der Waals surface area contributed by atoms with Crippen LogP contribution >= 0.6 is 0 Å². The maximum atomic E-state index is 12.4. The summed E-state index contributed by atoms with van der Waals surface area (Å²) in [5.74, 6) is 0.976. The molecule has 1 aromatic rings. The number of hydrogen-bond acceptors (Lipinski definition) is 2. The number of nitrogens with one attached hydrogen (secondary N) is 1. The molecule has 1 heterocycles. The van der Waals surface area contributed by atoms with Gasteiger partial charge in [0.05, 0.1) is 0 Å². The monoisotopic (exact) mass is 303 g/mol. The average molecular weight is 303 g/mol. The van der Waals surface area contributed by atoms with E-state index in [2.05, 4.69) is 19.2 Å². The van der Waals surface area contributed by atoms with E-state index in [1.165, 1.54) is 4.90 Å². The van der Waals surface area contributed by atoms with E-state index in [1.54, 1.807) is 38.4 Å². The molecule has 2 atom stereocenters. The van der Waals surface area contributed by atoms with Gasteiger partial charge in [0.1, 0.15) is 0 Å². The average Bonchev–Trinajstić information content (AvgIpc) is 2.45. The number of carbonyl (C=O) groups excluding carboxylic acids is 2. The lowest BCUT2D eigenvalue weighted by Crippen LogP contribution is -2.44. The van der Waals surface area contributed by atoms with Gasteiger partial charge in [0, 0.05) is 38.4 Å². The van der Waals surface area contributed by atoms with Crippen molar-refractivity contribution in [1.82, 2.24) is 9.80 Å². The fraction of sp³-hybridized carbons (Fsp3) is 0.529. The Morgan fingerprint density at radius 1 is 1.18 bits per heavy atom. The number of urea groups is 1. The number of anilines is 1. The van der Waals surface area contributed by atoms with Gasteiger partial charge in [-0.3, -0.25) is 4.79 Å². The van der Waals surface area contributed by atoms with E-state index < -0.39 is 0 Å². The van der Waals surface area contributed by atoms with Gasteiger partial charge in [-0.25, -0.2) is 4.79 Å². The van der Waals surface area contributed by atoms with Crippen molar-refractivity contribution in [3.05, 3.63) is 29.8 Å². The second-order valence-electron chi connectivity index (χ2n) is 6.56. The molecule has 0 unspecified atom stereocenters. The van der Waals surface area contributed by atoms with Crippen LogP contribution in [-0.2, 0) is 0 Å². The van der Waals surface area contributed by atoms with Crippen LogP contribution in [0, 0.1) is 11.8 Å². The summed E-state index contributed by atoms with van der Waals surface area (Å²) >= 11 is 0. The van der Waals surface area contributed by atoms with Gasteiger partial charge in [0.25, 0.3) is 5.91 Å². The number of rotatable bonds is 2. The van der Waals surface area contributed by atoms with Crippen LogP contribution in [0.3, 0.4) is 0 Å². The van der Waals surface area contributed by atoms with Crippen molar-refractivity contribution < 1.29 is 9.59 Å². The minimum atomic E-state index is -0.0900. The summed E-state index contributed by atoms with van der Waals surface area (Å²) in [5.41, 5.74) is 1.23. The van der Waals surface area contributed by atoms with Crippen molar-refractivity contribution in [2.75, 3.05) is 32.5 Å². The highest BCUT2D eigenvalue weighted by atomic mass is 16.2. The van der Waals surface area contributed by atoms with Crippen LogP contribution in [0.25, 0.3) is 0 Å². The fourth-order valence-electron chi connectivity index (χ4n) is 3.02. The van der Waals surface area contributed by atoms with Crippen LogP contribution in [0.4, 0.5) is 10.5 Å². The maximum Gasteiger partial charge on any atom is 0.321 e. The van der Waals surface area contributed by atoms with Gasteiger partial charge in [-0.2, -0.15) is 0 Å². The lowest BCUT2D eigenvalue weighted by Gasteiger charge is -2.34. The van der Waals surface area contributed by atoms with Gasteiger partial charge in [-0.1, -0.05) is 19.9 Å². The number of hydrogen-bond donors (Lipinski definition) is 1. The van der Waals surface area contributed by atoms with E-state index in [-0.39, 0.29) is 11.9 Å². The van der Waals surface area contributed by atoms with Crippen LogP contribution in [0.15, 0.2) is 24.3 Å². The molecular formula is C17H25N3O2. The number of amides is 3. The number of benzene rings is 1. The zero-order valence-electron chi connectivity index (χ0n) is 13.8. The molecule has 1 N–H and O–H groups in total. The second-order valence-corrected chi connectivity index (χ2v) is 6.56. The molecule has 0 aromatic heterocycles. The summed E-state index contributed by atoms with van der Waals surface area (Å²) in [4.78, 5) is 27.7. The van der Waals surface area contributed by atoms with Crippen molar-refractivity contribution in [2.45, 2.75) is 20.3 Å². The topological polar surface area (TPSA) is 52.7 Å². The lowest BCUT2D eigenvalue weighted by atomic mass is 9.92. The fourth-order valence-corrected chi connectivity index (χ4v) is 3.02. The normalized spacial score (nSPS) is 21.4. The third-order valence-electron chi connectivity index (χ3n) is 3.92. The molecule has 0 radical (unpaired) electrons. The highest BCUT2D eigenvalue weighted by Gasteiger charge is 2.25. The van der Waals surface area contributed by atoms with Crippen LogP contribution in [-0.4, -0.2) is 48.9 Å². The third-order valence-corrected chi connectivity index (χ3v) is 3.92. The molecule has 0 bridgehead atoms. The second kappa shape index (κ2) is 6.81. The summed E-state index contributed by atoms with van der Waals surface area (Å²) in [6, 6.07) is 6.97. The van der Waals surface area contributed by atoms with E-state index in [1.807, 2.05) is 4.90 Å². The van der Waals surface area contributed by atoms with E-state index in [0.717, 1.165) is 19.5 Å². The smallest absolute Gasteiger partial charge is 0.321 e. The van der Waals surface area contributed by atoms with Crippen LogP contribution in [0.1, 0.15) is 30.6 Å². The summed E-state index contributed by atoms with van der Waals surface area (Å²) < 4.78 is 0. The number of piperidine rings is 1. The molecule has 0 spiro atoms. The number of carbonyl (C=O) groups is 2. The van der Waals surface area contributed by atoms with E-state index in [4.69, 9.17) is 0 Å². The van der Waals surface area contributed by atoms with Crippen molar-refractivity contribution in [3.8, 4) is 0 Å². The molecule has 2 rings (SSSR count). The lowest BCUT2D eigenvalue weighted by molar-refractivity contribution is 0.0827. The molecule has 1 fully saturated rings. The predicted molar refractivity (Wildman–Crippen MR) is 88.0 cm³/mol. The maximum absolute atomic E-state index is 12.4. The first-order chi connectivity index (χ1) is 10.4. The summed E-state index contributed by atoms with van der Waals surface area (Å²) in [7, 11) is 3.42. The molecule has 1 aromatic carbocycles. The summed E-state index contributed by atoms with van der Waals surface area (Å²) in [6.07, 6.45) is 1.16. The number of likely N-dealkylation sites (tertiary alicyclic amines) is 1. The zero-order valence-corrected chi connectivity index (χ0v) is 13.8. The highest BCUT2D eigenvalue weighted by Crippen LogP contribution is 2.22. The van der Waals surface area contributed by atoms with Crippen LogP contribution in [0.5, 0.6) is 0 Å². The zero-order chi connectivity index (χ0) is 16.3. The molecule has 0 saturated carbocycles. The van der Waals surface area contributed by atoms with Crippen LogP contribution < -0.4 is 5.32 Å². The largest absolute Gasteiger partial charge is 0.345 e. The molecule has 3 amide bonds. The van der Waals surface area contributed by atoms with Crippen LogP contribution in [0.2, 0.25) is 0 Å². The summed E-state index contributed by atoms with van der Waals surface area (Å²) in [6.45, 7) is 5.91. The Hall–Kier alpha value is -2.04.